The minimum absolute atomic E-state index is 0.0154. The molecule has 0 saturated carbocycles. The zero-order chi connectivity index (χ0) is 22.8. The van der Waals surface area contributed by atoms with Gasteiger partial charge in [-0.3, -0.25) is 4.79 Å². The Bertz CT molecular complexity index is 1150. The number of sulfonamides is 1. The molecule has 0 aliphatic carbocycles. The van der Waals surface area contributed by atoms with Crippen LogP contribution in [0.15, 0.2) is 59.5 Å². The van der Waals surface area contributed by atoms with Gasteiger partial charge in [0.2, 0.25) is 0 Å². The summed E-state index contributed by atoms with van der Waals surface area (Å²) in [5, 5.41) is 9.11. The van der Waals surface area contributed by atoms with Crippen LogP contribution in [0.25, 0.3) is 0 Å². The summed E-state index contributed by atoms with van der Waals surface area (Å²) >= 11 is 0. The summed E-state index contributed by atoms with van der Waals surface area (Å²) in [6.07, 6.45) is -1.27. The molecule has 4 amide bonds. The van der Waals surface area contributed by atoms with Gasteiger partial charge in [-0.15, -0.1) is 4.31 Å². The van der Waals surface area contributed by atoms with Crippen LogP contribution in [0.1, 0.15) is 22.8 Å². The summed E-state index contributed by atoms with van der Waals surface area (Å²) in [6, 6.07) is 9.85. The molecule has 1 aliphatic rings. The summed E-state index contributed by atoms with van der Waals surface area (Å²) in [6.45, 7) is 1.40. The minimum Gasteiger partial charge on any atom is -0.478 e. The summed E-state index contributed by atoms with van der Waals surface area (Å²) in [4.78, 5) is 49.4. The van der Waals surface area contributed by atoms with E-state index in [1.807, 2.05) is 0 Å². The van der Waals surface area contributed by atoms with Crippen molar-refractivity contribution in [1.82, 2.24) is 9.21 Å². The molecule has 2 aromatic carbocycles. The molecule has 31 heavy (non-hydrogen) atoms. The molecule has 1 N–H and O–H groups in total. The van der Waals surface area contributed by atoms with E-state index in [1.54, 1.807) is 30.3 Å². The lowest BCUT2D eigenvalue weighted by Gasteiger charge is -2.18. The van der Waals surface area contributed by atoms with E-state index in [2.05, 4.69) is 0 Å². The van der Waals surface area contributed by atoms with E-state index in [4.69, 9.17) is 9.84 Å². The Labute approximate surface area is 177 Å². The number of imide groups is 2. The fourth-order valence-corrected chi connectivity index (χ4v) is 4.49. The zero-order valence-corrected chi connectivity index (χ0v) is 17.1. The third-order valence-electron chi connectivity index (χ3n) is 4.53. The van der Waals surface area contributed by atoms with Gasteiger partial charge in [0.1, 0.15) is 6.04 Å². The molecule has 10 nitrogen and oxygen atoms in total. The molecule has 1 fully saturated rings. The molecule has 162 valence electrons. The van der Waals surface area contributed by atoms with E-state index < -0.39 is 45.0 Å². The third-order valence-corrected chi connectivity index (χ3v) is 6.20. The molecule has 1 atom stereocenters. The molecule has 0 radical (unpaired) electrons. The molecule has 3 rings (SSSR count). The fourth-order valence-electron chi connectivity index (χ4n) is 3.10. The summed E-state index contributed by atoms with van der Waals surface area (Å²) in [5.41, 5.74) is 0.248. The lowest BCUT2D eigenvalue weighted by molar-refractivity contribution is -0.125. The van der Waals surface area contributed by atoms with Crippen LogP contribution in [-0.4, -0.2) is 59.4 Å². The van der Waals surface area contributed by atoms with E-state index in [-0.39, 0.29) is 22.9 Å². The van der Waals surface area contributed by atoms with Gasteiger partial charge in [0.25, 0.3) is 15.9 Å². The number of hydrogen-bond acceptors (Lipinski definition) is 7. The topological polar surface area (TPSA) is 138 Å². The summed E-state index contributed by atoms with van der Waals surface area (Å²) in [5.74, 6) is -2.52. The normalized spacial score (nSPS) is 16.5. The van der Waals surface area contributed by atoms with E-state index in [0.717, 1.165) is 18.2 Å². The van der Waals surface area contributed by atoms with Gasteiger partial charge in [-0.05, 0) is 30.7 Å². The summed E-state index contributed by atoms with van der Waals surface area (Å²) in [7, 11) is -4.78. The average Bonchev–Trinajstić information content (AvgIpc) is 2.99. The van der Waals surface area contributed by atoms with Gasteiger partial charge in [0.15, 0.2) is 0 Å². The first kappa shape index (κ1) is 22.0. The SMILES string of the molecule is CCOC(=O)N1C(=O)N(S(=O)(=O)c2cccc(C(=O)O)c2)C(=O)[C@@H]1Cc1ccccc1. The van der Waals surface area contributed by atoms with E-state index in [9.17, 15) is 27.6 Å². The third kappa shape index (κ3) is 4.12. The minimum atomic E-state index is -4.78. The molecular weight excluding hydrogens is 428 g/mol. The van der Waals surface area contributed by atoms with Gasteiger partial charge in [-0.25, -0.2) is 27.7 Å². The van der Waals surface area contributed by atoms with E-state index in [1.165, 1.54) is 13.0 Å². The molecule has 1 aliphatic heterocycles. The number of urea groups is 1. The van der Waals surface area contributed by atoms with Gasteiger partial charge in [-0.1, -0.05) is 36.4 Å². The van der Waals surface area contributed by atoms with Crippen molar-refractivity contribution in [2.45, 2.75) is 24.3 Å². The second-order valence-corrected chi connectivity index (χ2v) is 8.28. The van der Waals surface area contributed by atoms with Crippen molar-refractivity contribution < 1.29 is 37.4 Å². The predicted molar refractivity (Wildman–Crippen MR) is 106 cm³/mol. The molecule has 1 heterocycles. The highest BCUT2D eigenvalue weighted by molar-refractivity contribution is 7.90. The highest BCUT2D eigenvalue weighted by Gasteiger charge is 2.54. The first-order valence-corrected chi connectivity index (χ1v) is 10.6. The molecule has 0 spiro atoms. The number of aromatic carboxylic acids is 1. The Balaban J connectivity index is 2.05. The Hall–Kier alpha value is -3.73. The van der Waals surface area contributed by atoms with Gasteiger partial charge >= 0.3 is 18.1 Å². The number of carbonyl (C=O) groups is 4. The standard InChI is InChI=1S/C20H18N2O8S/c1-2-30-20(27)21-16(11-13-7-4-3-5-8-13)17(23)22(19(21)26)31(28,29)15-10-6-9-14(12-15)18(24)25/h3-10,12,16H,2,11H2,1H3,(H,24,25)/t16-/m0/s1. The first-order valence-electron chi connectivity index (χ1n) is 9.15. The smallest absolute Gasteiger partial charge is 0.418 e. The average molecular weight is 446 g/mol. The zero-order valence-electron chi connectivity index (χ0n) is 16.3. The number of hydrogen-bond donors (Lipinski definition) is 1. The number of benzene rings is 2. The highest BCUT2D eigenvalue weighted by atomic mass is 32.2. The summed E-state index contributed by atoms with van der Waals surface area (Å²) < 4.78 is 31.0. The van der Waals surface area contributed by atoms with Crippen LogP contribution >= 0.6 is 0 Å². The van der Waals surface area contributed by atoms with Crippen molar-refractivity contribution in [2.75, 3.05) is 6.61 Å². The number of carboxylic acids is 1. The van der Waals surface area contributed by atoms with Crippen LogP contribution < -0.4 is 0 Å². The van der Waals surface area contributed by atoms with Crippen LogP contribution in [0.4, 0.5) is 9.59 Å². The van der Waals surface area contributed by atoms with Gasteiger partial charge in [-0.2, -0.15) is 0 Å². The Morgan fingerprint density at radius 1 is 1.06 bits per heavy atom. The molecule has 1 saturated heterocycles. The maximum atomic E-state index is 13.1. The van der Waals surface area contributed by atoms with Crippen molar-refractivity contribution >= 4 is 34.0 Å². The highest BCUT2D eigenvalue weighted by Crippen LogP contribution is 2.28. The number of nitrogens with zero attached hydrogens (tertiary/aromatic N) is 2. The van der Waals surface area contributed by atoms with Crippen molar-refractivity contribution in [3.8, 4) is 0 Å². The Morgan fingerprint density at radius 2 is 1.74 bits per heavy atom. The number of amides is 4. The predicted octanol–water partition coefficient (Wildman–Crippen LogP) is 2.11. The first-order chi connectivity index (χ1) is 14.7. The molecule has 11 heteroatoms. The number of ether oxygens (including phenoxy) is 1. The molecule has 2 aromatic rings. The molecule has 0 bridgehead atoms. The second kappa shape index (κ2) is 8.56. The Morgan fingerprint density at radius 3 is 2.35 bits per heavy atom. The van der Waals surface area contributed by atoms with Crippen LogP contribution in [0.5, 0.6) is 0 Å². The molecule has 0 aromatic heterocycles. The Kier molecular flexibility index (Phi) is 6.07. The number of carboxylic acid groups (broad SMARTS) is 1. The van der Waals surface area contributed by atoms with Gasteiger partial charge < -0.3 is 9.84 Å². The van der Waals surface area contributed by atoms with E-state index >= 15 is 0 Å². The maximum Gasteiger partial charge on any atom is 0.418 e. The monoisotopic (exact) mass is 446 g/mol. The lowest BCUT2D eigenvalue weighted by atomic mass is 10.1. The quantitative estimate of drug-likeness (QED) is 0.666. The number of rotatable bonds is 6. The van der Waals surface area contributed by atoms with Crippen molar-refractivity contribution in [1.29, 1.82) is 0 Å². The maximum absolute atomic E-state index is 13.1. The lowest BCUT2D eigenvalue weighted by Crippen LogP contribution is -2.42. The second-order valence-electron chi connectivity index (χ2n) is 6.50. The fraction of sp³-hybridized carbons (Fsp3) is 0.200. The van der Waals surface area contributed by atoms with E-state index in [0.29, 0.717) is 10.5 Å². The molecule has 0 unspecified atom stereocenters. The largest absolute Gasteiger partial charge is 0.478 e. The van der Waals surface area contributed by atoms with Crippen LogP contribution in [0.3, 0.4) is 0 Å². The van der Waals surface area contributed by atoms with Crippen molar-refractivity contribution in [3.05, 3.63) is 65.7 Å². The van der Waals surface area contributed by atoms with Gasteiger partial charge in [0, 0.05) is 6.42 Å². The number of carbonyl (C=O) groups excluding carboxylic acids is 3. The van der Waals surface area contributed by atoms with Gasteiger partial charge in [0.05, 0.1) is 17.1 Å². The van der Waals surface area contributed by atoms with Crippen LogP contribution in [0.2, 0.25) is 0 Å². The molecular formula is C20H18N2O8S. The van der Waals surface area contributed by atoms with Crippen LogP contribution in [-0.2, 0) is 26.0 Å². The van der Waals surface area contributed by atoms with Crippen LogP contribution in [0, 0.1) is 0 Å². The van der Waals surface area contributed by atoms with Crippen molar-refractivity contribution in [2.24, 2.45) is 0 Å². The van der Waals surface area contributed by atoms with Crippen molar-refractivity contribution in [3.63, 3.8) is 0 Å².